The average molecular weight is 377 g/mol. The Morgan fingerprint density at radius 2 is 1.91 bits per heavy atom. The second-order valence-corrected chi connectivity index (χ2v) is 7.64. The van der Waals surface area contributed by atoms with Crippen LogP contribution in [0.15, 0.2) is 52.2 Å². The van der Waals surface area contributed by atoms with Crippen molar-refractivity contribution in [1.82, 2.24) is 4.98 Å². The van der Waals surface area contributed by atoms with Gasteiger partial charge in [-0.25, -0.2) is 4.98 Å². The number of aromatic nitrogens is 1. The van der Waals surface area contributed by atoms with Crippen LogP contribution in [0.4, 0.5) is 0 Å². The van der Waals surface area contributed by atoms with E-state index in [0.29, 0.717) is 15.6 Å². The lowest BCUT2D eigenvalue weighted by molar-refractivity contribution is 1.24. The highest BCUT2D eigenvalue weighted by atomic mass is 35.5. The molecule has 6 heteroatoms. The van der Waals surface area contributed by atoms with Crippen molar-refractivity contribution in [2.45, 2.75) is 10.1 Å². The lowest BCUT2D eigenvalue weighted by Gasteiger charge is -2.02. The molecule has 1 heterocycles. The number of thiazole rings is 1. The molecule has 1 aromatic heterocycles. The van der Waals surface area contributed by atoms with E-state index in [4.69, 9.17) is 28.5 Å². The van der Waals surface area contributed by atoms with Gasteiger partial charge in [0.25, 0.3) is 0 Å². The van der Waals surface area contributed by atoms with Gasteiger partial charge in [0.15, 0.2) is 4.34 Å². The Bertz CT molecular complexity index is 867. The monoisotopic (exact) mass is 376 g/mol. The summed E-state index contributed by atoms with van der Waals surface area (Å²) in [6, 6.07) is 15.1. The van der Waals surface area contributed by atoms with E-state index >= 15 is 0 Å². The van der Waals surface area contributed by atoms with Crippen LogP contribution in [0.3, 0.4) is 0 Å². The van der Waals surface area contributed by atoms with Gasteiger partial charge in [-0.2, -0.15) is 5.26 Å². The lowest BCUT2D eigenvalue weighted by atomic mass is 10.2. The molecule has 0 aliphatic rings. The van der Waals surface area contributed by atoms with Gasteiger partial charge in [0.1, 0.15) is 0 Å². The van der Waals surface area contributed by atoms with E-state index in [1.54, 1.807) is 35.2 Å². The third kappa shape index (κ3) is 4.07. The zero-order chi connectivity index (χ0) is 16.2. The van der Waals surface area contributed by atoms with Gasteiger partial charge in [0, 0.05) is 26.7 Å². The van der Waals surface area contributed by atoms with Crippen molar-refractivity contribution in [2.24, 2.45) is 0 Å². The van der Waals surface area contributed by atoms with Crippen LogP contribution in [0.1, 0.15) is 11.1 Å². The third-order valence-electron chi connectivity index (χ3n) is 3.16. The third-order valence-corrected chi connectivity index (χ3v) is 5.83. The molecular formula is C17H10Cl2N2S2. The first-order valence-electron chi connectivity index (χ1n) is 6.68. The molecule has 3 aromatic rings. The Morgan fingerprint density at radius 1 is 1.13 bits per heavy atom. The zero-order valence-electron chi connectivity index (χ0n) is 11.8. The molecule has 114 valence electrons. The standard InChI is InChI=1S/C17H10Cl2N2S2/c18-14-5-3-12(4-6-14)16-10-23-17(21-16)22-9-13-2-1-11(8-20)7-15(13)19/h1-7,10H,9H2. The number of hydrogen-bond donors (Lipinski definition) is 0. The van der Waals surface area contributed by atoms with Crippen LogP contribution in [0.2, 0.25) is 10.0 Å². The Kier molecular flexibility index (Phi) is 5.24. The molecule has 23 heavy (non-hydrogen) atoms. The van der Waals surface area contributed by atoms with E-state index in [-0.39, 0.29) is 0 Å². The normalized spacial score (nSPS) is 10.5. The van der Waals surface area contributed by atoms with E-state index in [1.807, 2.05) is 35.7 Å². The summed E-state index contributed by atoms with van der Waals surface area (Å²) in [5.74, 6) is 0.720. The predicted octanol–water partition coefficient (Wildman–Crippen LogP) is 6.28. The molecule has 2 aromatic carbocycles. The number of thioether (sulfide) groups is 1. The summed E-state index contributed by atoms with van der Waals surface area (Å²) in [5, 5.41) is 12.2. The second kappa shape index (κ2) is 7.37. The van der Waals surface area contributed by atoms with Gasteiger partial charge in [0.05, 0.1) is 17.3 Å². The lowest BCUT2D eigenvalue weighted by Crippen LogP contribution is -1.84. The summed E-state index contributed by atoms with van der Waals surface area (Å²) in [4.78, 5) is 4.63. The molecular weight excluding hydrogens is 367 g/mol. The molecule has 0 amide bonds. The molecule has 0 radical (unpaired) electrons. The summed E-state index contributed by atoms with van der Waals surface area (Å²) < 4.78 is 0.982. The van der Waals surface area contributed by atoms with Crippen LogP contribution < -0.4 is 0 Å². The molecule has 0 atom stereocenters. The molecule has 0 fully saturated rings. The van der Waals surface area contributed by atoms with Gasteiger partial charge in [0.2, 0.25) is 0 Å². The molecule has 3 rings (SSSR count). The van der Waals surface area contributed by atoms with E-state index in [0.717, 1.165) is 26.9 Å². The number of nitrogens with zero attached hydrogens (tertiary/aromatic N) is 2. The minimum Gasteiger partial charge on any atom is -0.230 e. The van der Waals surface area contributed by atoms with Gasteiger partial charge >= 0.3 is 0 Å². The number of halogens is 2. The molecule has 0 spiro atoms. The molecule has 0 N–H and O–H groups in total. The first-order chi connectivity index (χ1) is 11.2. The maximum Gasteiger partial charge on any atom is 0.150 e. The highest BCUT2D eigenvalue weighted by molar-refractivity contribution is 8.00. The highest BCUT2D eigenvalue weighted by Crippen LogP contribution is 2.32. The Morgan fingerprint density at radius 3 is 2.61 bits per heavy atom. The van der Waals surface area contributed by atoms with Crippen LogP contribution in [0, 0.1) is 11.3 Å². The smallest absolute Gasteiger partial charge is 0.150 e. The number of nitriles is 1. The molecule has 0 aliphatic carbocycles. The van der Waals surface area contributed by atoms with Crippen LogP contribution in [-0.4, -0.2) is 4.98 Å². The quantitative estimate of drug-likeness (QED) is 0.502. The zero-order valence-corrected chi connectivity index (χ0v) is 14.9. The van der Waals surface area contributed by atoms with Crippen LogP contribution in [0.5, 0.6) is 0 Å². The van der Waals surface area contributed by atoms with E-state index in [9.17, 15) is 0 Å². The summed E-state index contributed by atoms with van der Waals surface area (Å²) in [6.07, 6.45) is 0. The van der Waals surface area contributed by atoms with Crippen molar-refractivity contribution in [3.63, 3.8) is 0 Å². The minimum atomic E-state index is 0.572. The van der Waals surface area contributed by atoms with Crippen molar-refractivity contribution in [3.8, 4) is 17.3 Å². The van der Waals surface area contributed by atoms with Crippen LogP contribution >= 0.6 is 46.3 Å². The number of hydrogen-bond acceptors (Lipinski definition) is 4. The molecule has 2 nitrogen and oxygen atoms in total. The molecule has 0 saturated carbocycles. The first kappa shape index (κ1) is 16.4. The first-order valence-corrected chi connectivity index (χ1v) is 9.30. The van der Waals surface area contributed by atoms with Crippen molar-refractivity contribution in [1.29, 1.82) is 5.26 Å². The van der Waals surface area contributed by atoms with Crippen molar-refractivity contribution < 1.29 is 0 Å². The molecule has 0 aliphatic heterocycles. The Hall–Kier alpha value is -1.51. The van der Waals surface area contributed by atoms with Crippen LogP contribution in [0.25, 0.3) is 11.3 Å². The van der Waals surface area contributed by atoms with E-state index < -0.39 is 0 Å². The largest absolute Gasteiger partial charge is 0.230 e. The fourth-order valence-electron chi connectivity index (χ4n) is 1.95. The van der Waals surface area contributed by atoms with Gasteiger partial charge in [-0.15, -0.1) is 11.3 Å². The summed E-state index contributed by atoms with van der Waals surface area (Å²) in [5.41, 5.74) is 3.57. The summed E-state index contributed by atoms with van der Waals surface area (Å²) in [7, 11) is 0. The summed E-state index contributed by atoms with van der Waals surface area (Å²) in [6.45, 7) is 0. The average Bonchev–Trinajstić information content (AvgIpc) is 3.03. The fraction of sp³-hybridized carbons (Fsp3) is 0.0588. The topological polar surface area (TPSA) is 36.7 Å². The van der Waals surface area contributed by atoms with Crippen molar-refractivity contribution in [3.05, 3.63) is 69.0 Å². The summed E-state index contributed by atoms with van der Waals surface area (Å²) >= 11 is 15.3. The molecule has 0 saturated heterocycles. The fourth-order valence-corrected chi connectivity index (χ4v) is 4.24. The Labute approximate surface area is 152 Å². The van der Waals surface area contributed by atoms with Gasteiger partial charge in [-0.05, 0) is 29.8 Å². The van der Waals surface area contributed by atoms with Gasteiger partial charge in [-0.1, -0.05) is 53.2 Å². The Balaban J connectivity index is 1.70. The van der Waals surface area contributed by atoms with Gasteiger partial charge in [-0.3, -0.25) is 0 Å². The van der Waals surface area contributed by atoms with Crippen molar-refractivity contribution >= 4 is 46.3 Å². The highest BCUT2D eigenvalue weighted by Gasteiger charge is 2.08. The molecule has 0 bridgehead atoms. The minimum absolute atomic E-state index is 0.572. The maximum absolute atomic E-state index is 8.86. The van der Waals surface area contributed by atoms with Gasteiger partial charge < -0.3 is 0 Å². The van der Waals surface area contributed by atoms with Crippen molar-refractivity contribution in [2.75, 3.05) is 0 Å². The van der Waals surface area contributed by atoms with E-state index in [1.165, 1.54) is 0 Å². The van der Waals surface area contributed by atoms with E-state index in [2.05, 4.69) is 11.1 Å². The predicted molar refractivity (Wildman–Crippen MR) is 98.3 cm³/mol. The second-order valence-electron chi connectivity index (χ2n) is 4.71. The number of rotatable bonds is 4. The SMILES string of the molecule is N#Cc1ccc(CSc2nc(-c3ccc(Cl)cc3)cs2)c(Cl)c1. The number of benzene rings is 2. The maximum atomic E-state index is 8.86. The van der Waals surface area contributed by atoms with Crippen LogP contribution in [-0.2, 0) is 5.75 Å². The molecule has 0 unspecified atom stereocenters.